The topological polar surface area (TPSA) is 43.4 Å². The van der Waals surface area contributed by atoms with Crippen LogP contribution in [0.1, 0.15) is 19.8 Å². The first-order valence-corrected chi connectivity index (χ1v) is 5.05. The van der Waals surface area contributed by atoms with E-state index < -0.39 is 0 Å². The number of esters is 2. The van der Waals surface area contributed by atoms with E-state index in [9.17, 15) is 9.59 Å². The van der Waals surface area contributed by atoms with Crippen molar-refractivity contribution in [1.82, 2.24) is 0 Å². The van der Waals surface area contributed by atoms with E-state index in [1.54, 1.807) is 0 Å². The van der Waals surface area contributed by atoms with Gasteiger partial charge >= 0.3 is 11.9 Å². The van der Waals surface area contributed by atoms with Crippen molar-refractivity contribution < 1.29 is 14.3 Å². The van der Waals surface area contributed by atoms with Gasteiger partial charge in [0.1, 0.15) is 0 Å². The molecule has 2 atom stereocenters. The molecule has 1 fully saturated rings. The lowest BCUT2D eigenvalue weighted by atomic mass is 10.0. The number of ether oxygens (including phenoxy) is 1. The van der Waals surface area contributed by atoms with Crippen molar-refractivity contribution >= 4 is 22.2 Å². The average molecular weight is 172 g/mol. The minimum absolute atomic E-state index is 0.126. The normalized spacial score (nSPS) is 27.2. The van der Waals surface area contributed by atoms with E-state index in [2.05, 4.69) is 4.74 Å². The maximum atomic E-state index is 11.0. The summed E-state index contributed by atoms with van der Waals surface area (Å²) in [6.45, 7) is 2.04. The van der Waals surface area contributed by atoms with Gasteiger partial charge in [-0.15, -0.1) is 0 Å². The van der Waals surface area contributed by atoms with Crippen LogP contribution in [0.5, 0.6) is 0 Å². The van der Waals surface area contributed by atoms with Crippen molar-refractivity contribution in [3.8, 4) is 0 Å². The van der Waals surface area contributed by atoms with Gasteiger partial charge in [0, 0.05) is 10.2 Å². The van der Waals surface area contributed by atoms with Crippen LogP contribution < -0.4 is 0 Å². The maximum absolute atomic E-state index is 11.0. The molecule has 1 aliphatic rings. The predicted molar refractivity (Wildman–Crippen MR) is 43.2 cm³/mol. The Morgan fingerprint density at radius 3 is 2.73 bits per heavy atom. The summed E-state index contributed by atoms with van der Waals surface area (Å²) < 4.78 is 4.44. The number of hydrogen-bond acceptors (Lipinski definition) is 3. The molecule has 0 radical (unpaired) electrons. The molecule has 4 heteroatoms. The highest BCUT2D eigenvalue weighted by Gasteiger charge is 2.36. The zero-order valence-corrected chi connectivity index (χ0v) is 8.79. The van der Waals surface area contributed by atoms with Crippen molar-refractivity contribution in [3.05, 3.63) is 0 Å². The summed E-state index contributed by atoms with van der Waals surface area (Å²) in [5.41, 5.74) is 0.397. The van der Waals surface area contributed by atoms with Crippen LogP contribution in [0.3, 0.4) is 0 Å². The first kappa shape index (κ1) is 8.45. The summed E-state index contributed by atoms with van der Waals surface area (Å²) in [5.74, 6) is -0.787. The third-order valence-electron chi connectivity index (χ3n) is 2.23. The Morgan fingerprint density at radius 2 is 2.36 bits per heavy atom. The predicted octanol–water partition coefficient (Wildman–Crippen LogP) is -0.360. The fourth-order valence-corrected chi connectivity index (χ4v) is 1.72. The largest absolute Gasteiger partial charge is 0.393 e. The second kappa shape index (κ2) is 3.17. The molecule has 1 heterocycles. The van der Waals surface area contributed by atoms with E-state index in [0.29, 0.717) is 12.0 Å². The summed E-state index contributed by atoms with van der Waals surface area (Å²) in [5, 5.41) is 0. The summed E-state index contributed by atoms with van der Waals surface area (Å²) in [7, 11) is 0.959. The number of hydrogen-bond donors (Lipinski definition) is 0. The molecule has 0 bridgehead atoms. The Morgan fingerprint density at radius 1 is 1.73 bits per heavy atom. The van der Waals surface area contributed by atoms with Crippen LogP contribution in [0.25, 0.3) is 0 Å². The molecular formula is C7H12O3Si. The summed E-state index contributed by atoms with van der Waals surface area (Å²) in [4.78, 5) is 21.6. The number of rotatable bonds is 2. The minimum atomic E-state index is -0.352. The average Bonchev–Trinajstić information content (AvgIpc) is 2.28. The second-order valence-electron chi connectivity index (χ2n) is 2.99. The van der Waals surface area contributed by atoms with Crippen molar-refractivity contribution in [2.24, 2.45) is 5.92 Å². The molecule has 0 N–H and O–H groups in total. The van der Waals surface area contributed by atoms with Gasteiger partial charge in [-0.3, -0.25) is 9.59 Å². The van der Waals surface area contributed by atoms with Crippen LogP contribution in [0.15, 0.2) is 0 Å². The highest BCUT2D eigenvalue weighted by molar-refractivity contribution is 6.14. The van der Waals surface area contributed by atoms with Gasteiger partial charge in [0.15, 0.2) is 0 Å². The van der Waals surface area contributed by atoms with Crippen molar-refractivity contribution in [3.63, 3.8) is 0 Å². The molecule has 0 aromatic heterocycles. The summed E-state index contributed by atoms with van der Waals surface area (Å²) >= 11 is 0. The van der Waals surface area contributed by atoms with E-state index in [1.165, 1.54) is 0 Å². The zero-order chi connectivity index (χ0) is 8.43. The van der Waals surface area contributed by atoms with Gasteiger partial charge in [-0.2, -0.15) is 0 Å². The van der Waals surface area contributed by atoms with E-state index in [4.69, 9.17) is 0 Å². The van der Waals surface area contributed by atoms with Gasteiger partial charge in [-0.1, -0.05) is 13.3 Å². The number of cyclic esters (lactones) is 2. The van der Waals surface area contributed by atoms with Crippen LogP contribution in [0, 0.1) is 5.92 Å². The third-order valence-corrected chi connectivity index (χ3v) is 3.86. The number of carbonyl (C=O) groups is 2. The van der Waals surface area contributed by atoms with Gasteiger partial charge in [0.2, 0.25) is 0 Å². The fourth-order valence-electron chi connectivity index (χ4n) is 1.21. The molecule has 0 aromatic rings. The zero-order valence-electron chi connectivity index (χ0n) is 6.79. The Labute approximate surface area is 68.5 Å². The van der Waals surface area contributed by atoms with E-state index in [0.717, 1.165) is 16.7 Å². The Bertz CT molecular complexity index is 190. The Hall–Kier alpha value is -0.643. The van der Waals surface area contributed by atoms with Crippen molar-refractivity contribution in [2.75, 3.05) is 0 Å². The molecule has 3 nitrogen and oxygen atoms in total. The monoisotopic (exact) mass is 172 g/mol. The fraction of sp³-hybridized carbons (Fsp3) is 0.714. The molecule has 0 aromatic carbocycles. The van der Waals surface area contributed by atoms with Crippen molar-refractivity contribution in [1.29, 1.82) is 0 Å². The molecule has 62 valence electrons. The molecule has 0 amide bonds. The van der Waals surface area contributed by atoms with E-state index >= 15 is 0 Å². The standard InChI is InChI=1S/C7H12O3Si/c1-2-5(11)4-3-6(8)10-7(4)9/h4-5H,2-3H2,1,11H3. The van der Waals surface area contributed by atoms with Crippen LogP contribution >= 0.6 is 0 Å². The van der Waals surface area contributed by atoms with Crippen LogP contribution in [0.2, 0.25) is 5.54 Å². The lowest BCUT2D eigenvalue weighted by molar-refractivity contribution is -0.153. The number of carbonyl (C=O) groups excluding carboxylic acids is 2. The summed E-state index contributed by atoms with van der Waals surface area (Å²) in [6.07, 6.45) is 1.28. The molecule has 2 unspecified atom stereocenters. The first-order valence-electron chi connectivity index (χ1n) is 3.89. The van der Waals surface area contributed by atoms with Crippen molar-refractivity contribution in [2.45, 2.75) is 25.3 Å². The molecule has 1 rings (SSSR count). The van der Waals surface area contributed by atoms with Crippen LogP contribution in [-0.4, -0.2) is 22.2 Å². The smallest absolute Gasteiger partial charge is 0.317 e. The van der Waals surface area contributed by atoms with Crippen LogP contribution in [0.4, 0.5) is 0 Å². The van der Waals surface area contributed by atoms with Gasteiger partial charge < -0.3 is 4.74 Å². The summed E-state index contributed by atoms with van der Waals surface area (Å²) in [6, 6.07) is 0. The third kappa shape index (κ3) is 1.68. The lowest BCUT2D eigenvalue weighted by Gasteiger charge is -2.10. The van der Waals surface area contributed by atoms with E-state index in [-0.39, 0.29) is 17.9 Å². The van der Waals surface area contributed by atoms with Crippen LogP contribution in [-0.2, 0) is 14.3 Å². The highest BCUT2D eigenvalue weighted by Crippen LogP contribution is 2.28. The molecule has 0 saturated carbocycles. The molecule has 0 spiro atoms. The van der Waals surface area contributed by atoms with Gasteiger partial charge in [0.25, 0.3) is 0 Å². The highest BCUT2D eigenvalue weighted by atomic mass is 28.1. The van der Waals surface area contributed by atoms with E-state index in [1.807, 2.05) is 6.92 Å². The van der Waals surface area contributed by atoms with Gasteiger partial charge in [-0.05, 0) is 5.54 Å². The molecule has 1 aliphatic heterocycles. The molecule has 11 heavy (non-hydrogen) atoms. The maximum Gasteiger partial charge on any atom is 0.317 e. The van der Waals surface area contributed by atoms with Gasteiger partial charge in [-0.25, -0.2) is 0 Å². The Balaban J connectivity index is 2.59. The first-order chi connectivity index (χ1) is 5.15. The second-order valence-corrected chi connectivity index (χ2v) is 4.47. The Kier molecular flexibility index (Phi) is 2.44. The SMILES string of the molecule is CCC([SiH3])C1CC(=O)OC1=O. The molecule has 1 saturated heterocycles. The lowest BCUT2D eigenvalue weighted by Crippen LogP contribution is -2.14. The minimum Gasteiger partial charge on any atom is -0.393 e. The van der Waals surface area contributed by atoms with Gasteiger partial charge in [0.05, 0.1) is 12.3 Å². The molecule has 0 aliphatic carbocycles. The molecular weight excluding hydrogens is 160 g/mol. The quantitative estimate of drug-likeness (QED) is 0.324.